The molecule has 1 aliphatic heterocycles. The summed E-state index contributed by atoms with van der Waals surface area (Å²) in [6.45, 7) is 0.342. The third-order valence-corrected chi connectivity index (χ3v) is 4.48. The van der Waals surface area contributed by atoms with Gasteiger partial charge in [-0.2, -0.15) is 13.2 Å². The number of amides is 2. The summed E-state index contributed by atoms with van der Waals surface area (Å²) in [5, 5.41) is 5.18. The van der Waals surface area contributed by atoms with Crippen LogP contribution in [0.4, 0.5) is 22.4 Å². The average Bonchev–Trinajstić information content (AvgIpc) is 3.06. The van der Waals surface area contributed by atoms with Gasteiger partial charge in [0.2, 0.25) is 0 Å². The second kappa shape index (κ2) is 5.28. The third-order valence-electron chi connectivity index (χ3n) is 3.32. The normalized spacial score (nSPS) is 18.2. The lowest BCUT2D eigenvalue weighted by Gasteiger charge is -2.10. The van der Waals surface area contributed by atoms with Gasteiger partial charge in [-0.1, -0.05) is 12.1 Å². The molecule has 3 rings (SSSR count). The van der Waals surface area contributed by atoms with Crippen LogP contribution in [0.5, 0.6) is 0 Å². The molecule has 116 valence electrons. The lowest BCUT2D eigenvalue weighted by Crippen LogP contribution is -2.21. The van der Waals surface area contributed by atoms with Crippen LogP contribution >= 0.6 is 11.3 Å². The minimum atomic E-state index is -4.43. The molecule has 0 bridgehead atoms. The summed E-state index contributed by atoms with van der Waals surface area (Å²) < 4.78 is 52.0. The molecule has 1 aromatic heterocycles. The predicted molar refractivity (Wildman–Crippen MR) is 74.0 cm³/mol. The molecule has 3 nitrogen and oxygen atoms in total. The van der Waals surface area contributed by atoms with E-state index in [-0.39, 0.29) is 22.5 Å². The maximum atomic E-state index is 14.2. The standard InChI is InChI=1S/C14H10F4N2OS/c15-9-5-7(10-6-19-13(21)20-10)1-2-8(9)11-3-4-12(22-11)14(16,17)18/h1-5,10H,6H2,(H2,19,20,21). The first-order valence-corrected chi connectivity index (χ1v) is 7.17. The Morgan fingerprint density at radius 3 is 2.50 bits per heavy atom. The zero-order chi connectivity index (χ0) is 15.9. The van der Waals surface area contributed by atoms with E-state index in [0.29, 0.717) is 23.4 Å². The Morgan fingerprint density at radius 2 is 1.95 bits per heavy atom. The second-order valence-corrected chi connectivity index (χ2v) is 5.89. The molecule has 2 aromatic rings. The van der Waals surface area contributed by atoms with Gasteiger partial charge in [0, 0.05) is 17.0 Å². The van der Waals surface area contributed by atoms with Gasteiger partial charge in [-0.3, -0.25) is 0 Å². The summed E-state index contributed by atoms with van der Waals surface area (Å²) in [5.74, 6) is -0.616. The van der Waals surface area contributed by atoms with Crippen molar-refractivity contribution in [2.45, 2.75) is 12.2 Å². The summed E-state index contributed by atoms with van der Waals surface area (Å²) in [7, 11) is 0. The van der Waals surface area contributed by atoms with Gasteiger partial charge in [-0.05, 0) is 23.8 Å². The first-order chi connectivity index (χ1) is 10.3. The van der Waals surface area contributed by atoms with Crippen LogP contribution in [0.3, 0.4) is 0 Å². The summed E-state index contributed by atoms with van der Waals surface area (Å²) in [4.78, 5) is 10.5. The molecule has 1 aromatic carbocycles. The number of halogens is 4. The minimum absolute atomic E-state index is 0.113. The van der Waals surface area contributed by atoms with Crippen molar-refractivity contribution in [2.24, 2.45) is 0 Å². The molecular weight excluding hydrogens is 320 g/mol. The molecule has 1 aliphatic rings. The number of urea groups is 1. The third kappa shape index (κ3) is 2.78. The number of nitrogens with one attached hydrogen (secondary N) is 2. The van der Waals surface area contributed by atoms with Crippen molar-refractivity contribution in [1.29, 1.82) is 0 Å². The molecule has 2 amide bonds. The molecule has 1 unspecified atom stereocenters. The van der Waals surface area contributed by atoms with Crippen molar-refractivity contribution in [3.05, 3.63) is 46.6 Å². The lowest BCUT2D eigenvalue weighted by atomic mass is 10.0. The van der Waals surface area contributed by atoms with Crippen LogP contribution in [0.25, 0.3) is 10.4 Å². The van der Waals surface area contributed by atoms with Crippen molar-refractivity contribution < 1.29 is 22.4 Å². The average molecular weight is 330 g/mol. The largest absolute Gasteiger partial charge is 0.425 e. The summed E-state index contributed by atoms with van der Waals surface area (Å²) >= 11 is 0.498. The zero-order valence-corrected chi connectivity index (χ0v) is 11.8. The highest BCUT2D eigenvalue weighted by molar-refractivity contribution is 7.15. The molecule has 1 fully saturated rings. The van der Waals surface area contributed by atoms with Gasteiger partial charge < -0.3 is 10.6 Å². The van der Waals surface area contributed by atoms with Crippen molar-refractivity contribution in [2.75, 3.05) is 6.54 Å². The molecular formula is C14H10F4N2OS. The first-order valence-electron chi connectivity index (χ1n) is 6.36. The maximum Gasteiger partial charge on any atom is 0.425 e. The van der Waals surface area contributed by atoms with E-state index >= 15 is 0 Å². The lowest BCUT2D eigenvalue weighted by molar-refractivity contribution is -0.134. The predicted octanol–water partition coefficient (Wildman–Crippen LogP) is 3.93. The second-order valence-electron chi connectivity index (χ2n) is 4.81. The summed E-state index contributed by atoms with van der Waals surface area (Å²) in [6.07, 6.45) is -4.43. The van der Waals surface area contributed by atoms with Crippen LogP contribution < -0.4 is 10.6 Å². The van der Waals surface area contributed by atoms with E-state index in [1.165, 1.54) is 18.2 Å². The van der Waals surface area contributed by atoms with E-state index < -0.39 is 16.9 Å². The van der Waals surface area contributed by atoms with E-state index in [9.17, 15) is 22.4 Å². The molecule has 1 atom stereocenters. The topological polar surface area (TPSA) is 41.1 Å². The van der Waals surface area contributed by atoms with Crippen molar-refractivity contribution in [1.82, 2.24) is 10.6 Å². The van der Waals surface area contributed by atoms with Gasteiger partial charge >= 0.3 is 12.2 Å². The number of carbonyl (C=O) groups excluding carboxylic acids is 1. The fraction of sp³-hybridized carbons (Fsp3) is 0.214. The Bertz CT molecular complexity index is 726. The van der Waals surface area contributed by atoms with Crippen molar-refractivity contribution in [3.63, 3.8) is 0 Å². The number of carbonyl (C=O) groups is 1. The fourth-order valence-corrected chi connectivity index (χ4v) is 3.14. The van der Waals surface area contributed by atoms with Crippen LogP contribution in [0.1, 0.15) is 16.5 Å². The molecule has 8 heteroatoms. The number of alkyl halides is 3. The molecule has 2 N–H and O–H groups in total. The van der Waals surface area contributed by atoms with Crippen molar-refractivity contribution in [3.8, 4) is 10.4 Å². The van der Waals surface area contributed by atoms with Gasteiger partial charge in [0.05, 0.1) is 6.04 Å². The Hall–Kier alpha value is -2.09. The van der Waals surface area contributed by atoms with Crippen LogP contribution in [-0.2, 0) is 6.18 Å². The molecule has 1 saturated heterocycles. The van der Waals surface area contributed by atoms with E-state index in [1.54, 1.807) is 6.07 Å². The molecule has 22 heavy (non-hydrogen) atoms. The molecule has 0 radical (unpaired) electrons. The maximum absolute atomic E-state index is 14.2. The van der Waals surface area contributed by atoms with Crippen molar-refractivity contribution >= 4 is 17.4 Å². The van der Waals surface area contributed by atoms with Gasteiger partial charge in [0.15, 0.2) is 0 Å². The SMILES string of the molecule is O=C1NCC(c2ccc(-c3ccc(C(F)(F)F)s3)c(F)c2)N1. The molecule has 0 aliphatic carbocycles. The van der Waals surface area contributed by atoms with Gasteiger partial charge in [0.1, 0.15) is 10.7 Å². The highest BCUT2D eigenvalue weighted by atomic mass is 32.1. The van der Waals surface area contributed by atoms with E-state index in [2.05, 4.69) is 10.6 Å². The number of thiophene rings is 1. The fourth-order valence-electron chi connectivity index (χ4n) is 2.24. The van der Waals surface area contributed by atoms with Crippen LogP contribution in [0, 0.1) is 5.82 Å². The van der Waals surface area contributed by atoms with E-state index in [4.69, 9.17) is 0 Å². The Balaban J connectivity index is 1.89. The summed E-state index contributed by atoms with van der Waals surface area (Å²) in [6, 6.07) is 5.79. The monoisotopic (exact) mass is 330 g/mol. The molecule has 0 spiro atoms. The number of hydrogen-bond donors (Lipinski definition) is 2. The zero-order valence-electron chi connectivity index (χ0n) is 11.0. The number of benzene rings is 1. The summed E-state index contributed by atoms with van der Waals surface area (Å²) in [5.41, 5.74) is 0.675. The minimum Gasteiger partial charge on any atom is -0.336 e. The number of hydrogen-bond acceptors (Lipinski definition) is 2. The van der Waals surface area contributed by atoms with Gasteiger partial charge in [-0.25, -0.2) is 9.18 Å². The quantitative estimate of drug-likeness (QED) is 0.805. The Morgan fingerprint density at radius 1 is 1.18 bits per heavy atom. The molecule has 0 saturated carbocycles. The van der Waals surface area contributed by atoms with Crippen LogP contribution in [-0.4, -0.2) is 12.6 Å². The molecule has 2 heterocycles. The highest BCUT2D eigenvalue weighted by Gasteiger charge is 2.32. The van der Waals surface area contributed by atoms with Gasteiger partial charge in [0.25, 0.3) is 0 Å². The van der Waals surface area contributed by atoms with Gasteiger partial charge in [-0.15, -0.1) is 11.3 Å². The van der Waals surface area contributed by atoms with E-state index in [0.717, 1.165) is 6.07 Å². The van der Waals surface area contributed by atoms with E-state index in [1.807, 2.05) is 0 Å². The Kier molecular flexibility index (Phi) is 3.56. The smallest absolute Gasteiger partial charge is 0.336 e. The first kappa shape index (κ1) is 14.8. The van der Waals surface area contributed by atoms with Crippen LogP contribution in [0.15, 0.2) is 30.3 Å². The number of rotatable bonds is 2. The highest BCUT2D eigenvalue weighted by Crippen LogP contribution is 2.39. The Labute approximate surface area is 127 Å². The van der Waals surface area contributed by atoms with Crippen LogP contribution in [0.2, 0.25) is 0 Å².